The third kappa shape index (κ3) is 5.11. The van der Waals surface area contributed by atoms with Gasteiger partial charge in [0.05, 0.1) is 7.11 Å². The van der Waals surface area contributed by atoms with Gasteiger partial charge in [0, 0.05) is 26.7 Å². The average Bonchev–Trinajstić information content (AvgIpc) is 2.58. The summed E-state index contributed by atoms with van der Waals surface area (Å²) in [7, 11) is 1.55. The van der Waals surface area contributed by atoms with E-state index in [1.54, 1.807) is 37.5 Å². The molecule has 0 aliphatic rings. The number of carbonyl (C=O) groups is 2. The van der Waals surface area contributed by atoms with Gasteiger partial charge < -0.3 is 4.74 Å². The van der Waals surface area contributed by atoms with Crippen molar-refractivity contribution < 1.29 is 14.3 Å². The number of amides is 2. The topological polar surface area (TPSA) is 67.4 Å². The standard InChI is InChI=1S/C17H14BrClN2O3/c1-24-15-7-6-13(18)9-11(15)5-8-16(22)20-21-17(23)12-3-2-4-14(19)10-12/h2-10H,1H3,(H,20,22)(H,21,23)/b8-5+. The first-order chi connectivity index (χ1) is 11.5. The predicted octanol–water partition coefficient (Wildman–Crippen LogP) is 3.59. The first kappa shape index (κ1) is 18.0. The molecule has 7 heteroatoms. The van der Waals surface area contributed by atoms with E-state index in [2.05, 4.69) is 26.8 Å². The van der Waals surface area contributed by atoms with E-state index < -0.39 is 11.8 Å². The molecular weight excluding hydrogens is 396 g/mol. The van der Waals surface area contributed by atoms with Crippen molar-refractivity contribution in [1.29, 1.82) is 0 Å². The van der Waals surface area contributed by atoms with E-state index in [0.717, 1.165) is 10.0 Å². The zero-order valence-corrected chi connectivity index (χ0v) is 15.0. The molecule has 0 unspecified atom stereocenters. The zero-order valence-electron chi connectivity index (χ0n) is 12.7. The number of carbonyl (C=O) groups excluding carboxylic acids is 2. The summed E-state index contributed by atoms with van der Waals surface area (Å²) >= 11 is 9.17. The number of hydrogen-bond acceptors (Lipinski definition) is 3. The van der Waals surface area contributed by atoms with E-state index >= 15 is 0 Å². The molecular formula is C17H14BrClN2O3. The van der Waals surface area contributed by atoms with Gasteiger partial charge in [0.2, 0.25) is 0 Å². The number of methoxy groups -OCH3 is 1. The fraction of sp³-hybridized carbons (Fsp3) is 0.0588. The Morgan fingerprint density at radius 2 is 1.96 bits per heavy atom. The van der Waals surface area contributed by atoms with Gasteiger partial charge in [-0.15, -0.1) is 0 Å². The Labute approximate surface area is 152 Å². The van der Waals surface area contributed by atoms with Crippen LogP contribution in [0.5, 0.6) is 5.75 Å². The van der Waals surface area contributed by atoms with Crippen LogP contribution in [0.15, 0.2) is 53.0 Å². The smallest absolute Gasteiger partial charge is 0.269 e. The molecule has 0 saturated carbocycles. The summed E-state index contributed by atoms with van der Waals surface area (Å²) in [5.74, 6) is -0.308. The molecule has 2 rings (SSSR count). The van der Waals surface area contributed by atoms with E-state index in [1.165, 1.54) is 12.1 Å². The van der Waals surface area contributed by atoms with Gasteiger partial charge >= 0.3 is 0 Å². The van der Waals surface area contributed by atoms with E-state index in [1.807, 2.05) is 12.1 Å². The number of ether oxygens (including phenoxy) is 1. The van der Waals surface area contributed by atoms with Gasteiger partial charge in [0.15, 0.2) is 0 Å². The van der Waals surface area contributed by atoms with Crippen molar-refractivity contribution in [3.63, 3.8) is 0 Å². The molecule has 0 heterocycles. The lowest BCUT2D eigenvalue weighted by Gasteiger charge is -2.06. The summed E-state index contributed by atoms with van der Waals surface area (Å²) in [5.41, 5.74) is 5.69. The third-order valence-corrected chi connectivity index (χ3v) is 3.72. The number of rotatable bonds is 4. The summed E-state index contributed by atoms with van der Waals surface area (Å²) in [6, 6.07) is 11.8. The Morgan fingerprint density at radius 3 is 2.67 bits per heavy atom. The Morgan fingerprint density at radius 1 is 1.17 bits per heavy atom. The number of nitrogens with one attached hydrogen (secondary N) is 2. The van der Waals surface area contributed by atoms with Gasteiger partial charge in [-0.25, -0.2) is 0 Å². The molecule has 0 bridgehead atoms. The van der Waals surface area contributed by atoms with Crippen LogP contribution >= 0.6 is 27.5 Å². The molecule has 0 fully saturated rings. The Balaban J connectivity index is 1.96. The number of halogens is 2. The van der Waals surface area contributed by atoms with Crippen molar-refractivity contribution in [2.75, 3.05) is 7.11 Å². The van der Waals surface area contributed by atoms with Gasteiger partial charge in [-0.05, 0) is 42.5 Å². The molecule has 0 aliphatic carbocycles. The van der Waals surface area contributed by atoms with Crippen LogP contribution < -0.4 is 15.6 Å². The molecule has 2 aromatic rings. The van der Waals surface area contributed by atoms with E-state index in [0.29, 0.717) is 16.3 Å². The maximum absolute atomic E-state index is 11.9. The van der Waals surface area contributed by atoms with Gasteiger partial charge in [0.1, 0.15) is 5.75 Å². The van der Waals surface area contributed by atoms with Crippen LogP contribution in [0.25, 0.3) is 6.08 Å². The lowest BCUT2D eigenvalue weighted by atomic mass is 10.2. The number of hydrogen-bond donors (Lipinski definition) is 2. The highest BCUT2D eigenvalue weighted by molar-refractivity contribution is 9.10. The monoisotopic (exact) mass is 408 g/mol. The van der Waals surface area contributed by atoms with Crippen molar-refractivity contribution in [3.8, 4) is 5.75 Å². The fourth-order valence-electron chi connectivity index (χ4n) is 1.86. The van der Waals surface area contributed by atoms with Crippen LogP contribution in [0.2, 0.25) is 5.02 Å². The van der Waals surface area contributed by atoms with Gasteiger partial charge in [-0.3, -0.25) is 20.4 Å². The van der Waals surface area contributed by atoms with Crippen molar-refractivity contribution >= 4 is 45.4 Å². The quantitative estimate of drug-likeness (QED) is 0.599. The normalized spacial score (nSPS) is 10.5. The van der Waals surface area contributed by atoms with Crippen LogP contribution in [-0.4, -0.2) is 18.9 Å². The average molecular weight is 410 g/mol. The van der Waals surface area contributed by atoms with Gasteiger partial charge in [0.25, 0.3) is 11.8 Å². The van der Waals surface area contributed by atoms with E-state index in [-0.39, 0.29) is 0 Å². The molecule has 124 valence electrons. The summed E-state index contributed by atoms with van der Waals surface area (Å²) in [4.78, 5) is 23.7. The minimum atomic E-state index is -0.479. The summed E-state index contributed by atoms with van der Waals surface area (Å²) in [6.07, 6.45) is 2.88. The maximum atomic E-state index is 11.9. The van der Waals surface area contributed by atoms with Crippen molar-refractivity contribution in [2.45, 2.75) is 0 Å². The Hall–Kier alpha value is -2.31. The molecule has 0 atom stereocenters. The van der Waals surface area contributed by atoms with E-state index in [9.17, 15) is 9.59 Å². The van der Waals surface area contributed by atoms with Gasteiger partial charge in [-0.2, -0.15) is 0 Å². The fourth-order valence-corrected chi connectivity index (χ4v) is 2.43. The molecule has 24 heavy (non-hydrogen) atoms. The molecule has 0 aromatic heterocycles. The second-order valence-corrected chi connectivity index (χ2v) is 6.03. The van der Waals surface area contributed by atoms with Crippen LogP contribution in [0, 0.1) is 0 Å². The molecule has 0 saturated heterocycles. The molecule has 0 radical (unpaired) electrons. The summed E-state index contributed by atoms with van der Waals surface area (Å²) < 4.78 is 6.07. The molecule has 0 aliphatic heterocycles. The van der Waals surface area contributed by atoms with Crippen LogP contribution in [0.3, 0.4) is 0 Å². The van der Waals surface area contributed by atoms with Crippen molar-refractivity contribution in [1.82, 2.24) is 10.9 Å². The Kier molecular flexibility index (Phi) is 6.40. The van der Waals surface area contributed by atoms with Crippen LogP contribution in [-0.2, 0) is 4.79 Å². The van der Waals surface area contributed by atoms with E-state index in [4.69, 9.17) is 16.3 Å². The highest BCUT2D eigenvalue weighted by atomic mass is 79.9. The lowest BCUT2D eigenvalue weighted by molar-refractivity contribution is -0.117. The van der Waals surface area contributed by atoms with Crippen molar-refractivity contribution in [2.24, 2.45) is 0 Å². The number of hydrazine groups is 1. The molecule has 5 nitrogen and oxygen atoms in total. The van der Waals surface area contributed by atoms with Crippen molar-refractivity contribution in [3.05, 3.63) is 69.2 Å². The molecule has 2 aromatic carbocycles. The Bertz CT molecular complexity index is 793. The third-order valence-electron chi connectivity index (χ3n) is 2.99. The lowest BCUT2D eigenvalue weighted by Crippen LogP contribution is -2.40. The summed E-state index contributed by atoms with van der Waals surface area (Å²) in [6.45, 7) is 0. The first-order valence-corrected chi connectivity index (χ1v) is 8.04. The molecule has 0 spiro atoms. The second-order valence-electron chi connectivity index (χ2n) is 4.67. The van der Waals surface area contributed by atoms with Crippen LogP contribution in [0.1, 0.15) is 15.9 Å². The largest absolute Gasteiger partial charge is 0.496 e. The SMILES string of the molecule is COc1ccc(Br)cc1/C=C/C(=O)NNC(=O)c1cccc(Cl)c1. The minimum Gasteiger partial charge on any atom is -0.496 e. The molecule has 2 N–H and O–H groups in total. The molecule has 2 amide bonds. The zero-order chi connectivity index (χ0) is 17.5. The highest BCUT2D eigenvalue weighted by Crippen LogP contribution is 2.23. The van der Waals surface area contributed by atoms with Gasteiger partial charge in [-0.1, -0.05) is 33.6 Å². The maximum Gasteiger partial charge on any atom is 0.269 e. The summed E-state index contributed by atoms with van der Waals surface area (Å²) in [5, 5.41) is 0.440. The first-order valence-electron chi connectivity index (χ1n) is 6.87. The second kappa shape index (κ2) is 8.52. The number of benzene rings is 2. The highest BCUT2D eigenvalue weighted by Gasteiger charge is 2.06. The van der Waals surface area contributed by atoms with Crippen LogP contribution in [0.4, 0.5) is 0 Å². The minimum absolute atomic E-state index is 0.348. The predicted molar refractivity (Wildman–Crippen MR) is 96.8 cm³/mol.